The van der Waals surface area contributed by atoms with Crippen LogP contribution in [-0.2, 0) is 19.5 Å². The summed E-state index contributed by atoms with van der Waals surface area (Å²) in [5.41, 5.74) is 8.77. The Bertz CT molecular complexity index is 489. The molecule has 0 aromatic carbocycles. The van der Waals surface area contributed by atoms with Crippen LogP contribution in [-0.4, -0.2) is 20.7 Å². The summed E-state index contributed by atoms with van der Waals surface area (Å²) < 4.78 is 2.10. The van der Waals surface area contributed by atoms with E-state index in [-0.39, 0.29) is 0 Å². The Morgan fingerprint density at radius 1 is 1.35 bits per heavy atom. The van der Waals surface area contributed by atoms with E-state index in [1.165, 1.54) is 35.4 Å². The Kier molecular flexibility index (Phi) is 2.39. The molecule has 2 amide bonds. The van der Waals surface area contributed by atoms with Gasteiger partial charge in [0.25, 0.3) is 0 Å². The Balaban J connectivity index is 1.99. The Labute approximate surface area is 99.9 Å². The predicted molar refractivity (Wildman–Crippen MR) is 63.9 cm³/mol. The van der Waals surface area contributed by atoms with Crippen molar-refractivity contribution >= 4 is 12.1 Å². The zero-order valence-corrected chi connectivity index (χ0v) is 9.72. The molecule has 0 spiro atoms. The number of hydrogen-bond donors (Lipinski definition) is 1. The lowest BCUT2D eigenvalue weighted by Gasteiger charge is -2.19. The van der Waals surface area contributed by atoms with Gasteiger partial charge in [-0.3, -0.25) is 9.58 Å². The summed E-state index contributed by atoms with van der Waals surface area (Å²) in [5, 5.41) is 4.60. The van der Waals surface area contributed by atoms with Crippen molar-refractivity contribution in [3.63, 3.8) is 0 Å². The highest BCUT2D eigenvalue weighted by atomic mass is 16.2. The van der Waals surface area contributed by atoms with E-state index in [0.29, 0.717) is 6.54 Å². The smallest absolute Gasteiger partial charge is 0.319 e. The second-order valence-electron chi connectivity index (χ2n) is 4.63. The van der Waals surface area contributed by atoms with Crippen molar-refractivity contribution < 1.29 is 4.79 Å². The number of nitrogens with two attached hydrogens (primary N) is 1. The van der Waals surface area contributed by atoms with Crippen LogP contribution >= 0.6 is 0 Å². The number of hydrogen-bond acceptors (Lipinski definition) is 2. The number of fused-ring (bicyclic) bond motifs is 3. The third-order valence-corrected chi connectivity index (χ3v) is 3.50. The van der Waals surface area contributed by atoms with Gasteiger partial charge in [-0.2, -0.15) is 5.10 Å². The van der Waals surface area contributed by atoms with Crippen LogP contribution in [0.5, 0.6) is 0 Å². The number of primary amides is 1. The van der Waals surface area contributed by atoms with Crippen LogP contribution in [0, 0.1) is 0 Å². The van der Waals surface area contributed by atoms with Crippen LogP contribution in [0.15, 0.2) is 6.20 Å². The molecule has 0 unspecified atom stereocenters. The third kappa shape index (κ3) is 1.71. The Hall–Kier alpha value is -1.78. The first-order valence-electron chi connectivity index (χ1n) is 6.08. The van der Waals surface area contributed by atoms with Gasteiger partial charge in [0.15, 0.2) is 0 Å². The minimum absolute atomic E-state index is 0.402. The number of urea groups is 1. The molecule has 1 aromatic heterocycles. The molecular weight excluding hydrogens is 216 g/mol. The van der Waals surface area contributed by atoms with Gasteiger partial charge >= 0.3 is 6.03 Å². The van der Waals surface area contributed by atoms with Crippen LogP contribution < -0.4 is 5.73 Å². The Morgan fingerprint density at radius 3 is 3.06 bits per heavy atom. The highest BCUT2D eigenvalue weighted by molar-refractivity contribution is 5.75. The molecule has 2 N–H and O–H groups in total. The van der Waals surface area contributed by atoms with Crippen molar-refractivity contribution in [3.8, 4) is 0 Å². The van der Waals surface area contributed by atoms with E-state index in [2.05, 4.69) is 9.78 Å². The summed E-state index contributed by atoms with van der Waals surface area (Å²) in [7, 11) is 0. The molecule has 0 atom stereocenters. The second kappa shape index (κ2) is 3.91. The zero-order valence-electron chi connectivity index (χ0n) is 9.72. The lowest BCUT2D eigenvalue weighted by atomic mass is 10.1. The topological polar surface area (TPSA) is 64.2 Å². The van der Waals surface area contributed by atoms with Crippen molar-refractivity contribution in [3.05, 3.63) is 23.2 Å². The number of amides is 2. The predicted octanol–water partition coefficient (Wildman–Crippen LogP) is 1.47. The molecule has 0 fully saturated rings. The molecule has 0 radical (unpaired) electrons. The zero-order chi connectivity index (χ0) is 11.8. The third-order valence-electron chi connectivity index (χ3n) is 3.50. The van der Waals surface area contributed by atoms with Crippen molar-refractivity contribution in [2.45, 2.75) is 38.8 Å². The van der Waals surface area contributed by atoms with E-state index >= 15 is 0 Å². The molecule has 1 aromatic rings. The molecule has 5 nitrogen and oxygen atoms in total. The maximum absolute atomic E-state index is 11.2. The molecule has 0 saturated heterocycles. The quantitative estimate of drug-likeness (QED) is 0.736. The maximum Gasteiger partial charge on any atom is 0.319 e. The summed E-state index contributed by atoms with van der Waals surface area (Å²) in [5.74, 6) is 0. The van der Waals surface area contributed by atoms with Crippen LogP contribution in [0.1, 0.15) is 36.2 Å². The van der Waals surface area contributed by atoms with Crippen LogP contribution in [0.3, 0.4) is 0 Å². The number of rotatable bonds is 0. The molecule has 0 bridgehead atoms. The van der Waals surface area contributed by atoms with E-state index in [9.17, 15) is 4.79 Å². The standard InChI is InChI=1S/C12H16N4O/c13-12(17)15-7-5-10-9(8-15)11-4-2-1-3-6-16(11)14-10/h5,7H,1-4,6,8H2,(H2,13,17). The molecule has 5 heteroatoms. The molecule has 90 valence electrons. The fourth-order valence-electron chi connectivity index (χ4n) is 2.59. The summed E-state index contributed by atoms with van der Waals surface area (Å²) >= 11 is 0. The highest BCUT2D eigenvalue weighted by Gasteiger charge is 2.23. The minimum atomic E-state index is -0.402. The monoisotopic (exact) mass is 232 g/mol. The molecule has 3 rings (SSSR count). The normalized spacial score (nSPS) is 18.5. The number of carbonyl (C=O) groups is 1. The average molecular weight is 232 g/mol. The van der Waals surface area contributed by atoms with E-state index in [0.717, 1.165) is 18.7 Å². The van der Waals surface area contributed by atoms with Crippen molar-refractivity contribution in [1.82, 2.24) is 14.7 Å². The number of aromatic nitrogens is 2. The van der Waals surface area contributed by atoms with Gasteiger partial charge in [0.1, 0.15) is 0 Å². The summed E-state index contributed by atoms with van der Waals surface area (Å²) in [4.78, 5) is 12.7. The largest absolute Gasteiger partial charge is 0.351 e. The van der Waals surface area contributed by atoms with E-state index in [1.54, 1.807) is 6.20 Å². The first-order chi connectivity index (χ1) is 8.25. The maximum atomic E-state index is 11.2. The molecular formula is C12H16N4O. The summed E-state index contributed by atoms with van der Waals surface area (Å²) in [6.45, 7) is 1.56. The van der Waals surface area contributed by atoms with Crippen LogP contribution in [0.2, 0.25) is 0 Å². The fourth-order valence-corrected chi connectivity index (χ4v) is 2.59. The first kappa shape index (κ1) is 10.4. The van der Waals surface area contributed by atoms with Crippen molar-refractivity contribution in [2.75, 3.05) is 0 Å². The van der Waals surface area contributed by atoms with E-state index in [1.807, 2.05) is 6.08 Å². The SMILES string of the molecule is NC(=O)N1C=Cc2nn3c(c2C1)CCCCC3. The van der Waals surface area contributed by atoms with Crippen LogP contribution in [0.4, 0.5) is 4.79 Å². The highest BCUT2D eigenvalue weighted by Crippen LogP contribution is 2.26. The van der Waals surface area contributed by atoms with Gasteiger partial charge in [-0.1, -0.05) is 6.42 Å². The number of aryl methyl sites for hydroxylation is 1. The molecule has 2 aliphatic rings. The fraction of sp³-hybridized carbons (Fsp3) is 0.500. The second-order valence-corrected chi connectivity index (χ2v) is 4.63. The first-order valence-corrected chi connectivity index (χ1v) is 6.08. The molecule has 0 aliphatic carbocycles. The van der Waals surface area contributed by atoms with E-state index < -0.39 is 6.03 Å². The summed E-state index contributed by atoms with van der Waals surface area (Å²) in [6.07, 6.45) is 8.31. The lowest BCUT2D eigenvalue weighted by molar-refractivity contribution is 0.223. The number of carbonyl (C=O) groups excluding carboxylic acids is 1. The van der Waals surface area contributed by atoms with Gasteiger partial charge in [-0.05, 0) is 25.3 Å². The van der Waals surface area contributed by atoms with Gasteiger partial charge in [-0.15, -0.1) is 0 Å². The van der Waals surface area contributed by atoms with Gasteiger partial charge in [0.2, 0.25) is 0 Å². The summed E-state index contributed by atoms with van der Waals surface area (Å²) in [6, 6.07) is -0.402. The van der Waals surface area contributed by atoms with Crippen molar-refractivity contribution in [2.24, 2.45) is 5.73 Å². The van der Waals surface area contributed by atoms with Gasteiger partial charge in [-0.25, -0.2) is 4.79 Å². The van der Waals surface area contributed by atoms with E-state index in [4.69, 9.17) is 5.73 Å². The average Bonchev–Trinajstić information content (AvgIpc) is 2.51. The molecule has 3 heterocycles. The lowest BCUT2D eigenvalue weighted by Crippen LogP contribution is -2.32. The van der Waals surface area contributed by atoms with Gasteiger partial charge in [0, 0.05) is 24.0 Å². The molecule has 0 saturated carbocycles. The molecule has 17 heavy (non-hydrogen) atoms. The van der Waals surface area contributed by atoms with Gasteiger partial charge < -0.3 is 5.73 Å². The van der Waals surface area contributed by atoms with Gasteiger partial charge in [0.05, 0.1) is 12.2 Å². The van der Waals surface area contributed by atoms with Crippen LogP contribution in [0.25, 0.3) is 6.08 Å². The number of nitrogens with zero attached hydrogens (tertiary/aromatic N) is 3. The Morgan fingerprint density at radius 2 is 2.24 bits per heavy atom. The molecule has 2 aliphatic heterocycles. The minimum Gasteiger partial charge on any atom is -0.351 e. The van der Waals surface area contributed by atoms with Crippen molar-refractivity contribution in [1.29, 1.82) is 0 Å².